The van der Waals surface area contributed by atoms with Crippen LogP contribution in [0, 0.1) is 0 Å². The molecule has 0 saturated heterocycles. The minimum atomic E-state index is -0.599. The standard InChI is InChI=1S/C55H40N2/c1-7-20-41(21-8-1)42-34-36-48(37-35-42)56(45-26-13-4-14-27-45)49-38-39-50-52(40-49)55(43-22-9-2-10-23-43,44-24-11-3-12-25-44)51-32-19-33-53(54(50)51)57(46-28-15-5-16-29-46)47-30-17-6-18-31-47/h1-40H. The van der Waals surface area contributed by atoms with Crippen LogP contribution in [-0.2, 0) is 5.41 Å². The van der Waals surface area contributed by atoms with Crippen molar-refractivity contribution in [3.63, 3.8) is 0 Å². The molecule has 0 fully saturated rings. The first-order valence-corrected chi connectivity index (χ1v) is 19.6. The Balaban J connectivity index is 1.25. The van der Waals surface area contributed by atoms with Crippen LogP contribution in [0.5, 0.6) is 0 Å². The summed E-state index contributed by atoms with van der Waals surface area (Å²) in [6.07, 6.45) is 0. The van der Waals surface area contributed by atoms with Gasteiger partial charge in [-0.1, -0.05) is 176 Å². The lowest BCUT2D eigenvalue weighted by atomic mass is 9.67. The van der Waals surface area contributed by atoms with Gasteiger partial charge in [0.2, 0.25) is 0 Å². The van der Waals surface area contributed by atoms with Crippen LogP contribution in [0.2, 0.25) is 0 Å². The highest BCUT2D eigenvalue weighted by Crippen LogP contribution is 2.60. The zero-order valence-electron chi connectivity index (χ0n) is 31.5. The van der Waals surface area contributed by atoms with Gasteiger partial charge in [-0.25, -0.2) is 0 Å². The predicted molar refractivity (Wildman–Crippen MR) is 239 cm³/mol. The Morgan fingerprint density at radius 1 is 0.281 bits per heavy atom. The van der Waals surface area contributed by atoms with Gasteiger partial charge in [0, 0.05) is 34.0 Å². The van der Waals surface area contributed by atoms with Crippen LogP contribution >= 0.6 is 0 Å². The number of hydrogen-bond donors (Lipinski definition) is 0. The third-order valence-corrected chi connectivity index (χ3v) is 11.3. The molecule has 0 bridgehead atoms. The number of anilines is 6. The Hall–Kier alpha value is -7.42. The zero-order valence-corrected chi connectivity index (χ0v) is 31.5. The Kier molecular flexibility index (Phi) is 8.78. The van der Waals surface area contributed by atoms with Crippen LogP contribution in [0.3, 0.4) is 0 Å². The Morgan fingerprint density at radius 3 is 1.23 bits per heavy atom. The molecule has 57 heavy (non-hydrogen) atoms. The van der Waals surface area contributed by atoms with E-state index >= 15 is 0 Å². The molecule has 0 aliphatic heterocycles. The lowest BCUT2D eigenvalue weighted by molar-refractivity contribution is 0.768. The Labute approximate surface area is 335 Å². The van der Waals surface area contributed by atoms with E-state index in [9.17, 15) is 0 Å². The summed E-state index contributed by atoms with van der Waals surface area (Å²) in [6, 6.07) is 87.9. The van der Waals surface area contributed by atoms with Gasteiger partial charge in [0.15, 0.2) is 0 Å². The highest BCUT2D eigenvalue weighted by atomic mass is 15.2. The van der Waals surface area contributed by atoms with E-state index < -0.39 is 5.41 Å². The lowest BCUT2D eigenvalue weighted by Gasteiger charge is -2.35. The molecule has 1 aliphatic carbocycles. The van der Waals surface area contributed by atoms with Crippen LogP contribution in [0.4, 0.5) is 34.1 Å². The fourth-order valence-electron chi connectivity index (χ4n) is 8.87. The summed E-state index contributed by atoms with van der Waals surface area (Å²) in [6.45, 7) is 0. The van der Waals surface area contributed by atoms with Gasteiger partial charge >= 0.3 is 0 Å². The van der Waals surface area contributed by atoms with Gasteiger partial charge in [0.05, 0.1) is 11.1 Å². The maximum Gasteiger partial charge on any atom is 0.0715 e. The van der Waals surface area contributed by atoms with Crippen molar-refractivity contribution in [1.29, 1.82) is 0 Å². The van der Waals surface area contributed by atoms with E-state index in [1.54, 1.807) is 0 Å². The summed E-state index contributed by atoms with van der Waals surface area (Å²) in [5, 5.41) is 0. The maximum absolute atomic E-state index is 2.45. The van der Waals surface area contributed by atoms with E-state index in [0.717, 1.165) is 34.1 Å². The van der Waals surface area contributed by atoms with Crippen LogP contribution in [0.25, 0.3) is 22.3 Å². The topological polar surface area (TPSA) is 6.48 Å². The van der Waals surface area contributed by atoms with Crippen LogP contribution in [0.1, 0.15) is 22.3 Å². The lowest BCUT2D eigenvalue weighted by Crippen LogP contribution is -2.29. The first-order chi connectivity index (χ1) is 28.3. The summed E-state index contributed by atoms with van der Waals surface area (Å²) in [7, 11) is 0. The highest BCUT2D eigenvalue weighted by molar-refractivity contribution is 5.98. The fraction of sp³-hybridized carbons (Fsp3) is 0.0182. The van der Waals surface area contributed by atoms with Crippen molar-refractivity contribution in [3.05, 3.63) is 265 Å². The molecule has 0 radical (unpaired) electrons. The number of fused-ring (bicyclic) bond motifs is 3. The van der Waals surface area contributed by atoms with Crippen molar-refractivity contribution in [2.45, 2.75) is 5.41 Å². The molecule has 0 N–H and O–H groups in total. The molecule has 9 aromatic carbocycles. The molecule has 10 rings (SSSR count). The second-order valence-electron chi connectivity index (χ2n) is 14.5. The first-order valence-electron chi connectivity index (χ1n) is 19.6. The van der Waals surface area contributed by atoms with Crippen molar-refractivity contribution in [3.8, 4) is 22.3 Å². The quantitative estimate of drug-likeness (QED) is 0.146. The summed E-state index contributed by atoms with van der Waals surface area (Å²) in [5.74, 6) is 0. The molecule has 0 spiro atoms. The molecule has 2 nitrogen and oxygen atoms in total. The Bertz CT molecular complexity index is 2670. The monoisotopic (exact) mass is 728 g/mol. The van der Waals surface area contributed by atoms with Crippen molar-refractivity contribution >= 4 is 34.1 Å². The number of para-hydroxylation sites is 3. The minimum absolute atomic E-state index is 0.599. The van der Waals surface area contributed by atoms with Gasteiger partial charge in [-0.2, -0.15) is 0 Å². The SMILES string of the molecule is c1ccc(-c2ccc(N(c3ccccc3)c3ccc4c(c3)C(c3ccccc3)(c3ccccc3)c3cccc(N(c5ccccc5)c5ccccc5)c3-4)cc2)cc1. The van der Waals surface area contributed by atoms with Crippen LogP contribution < -0.4 is 9.80 Å². The third-order valence-electron chi connectivity index (χ3n) is 11.3. The maximum atomic E-state index is 2.45. The van der Waals surface area contributed by atoms with Crippen LogP contribution in [0.15, 0.2) is 243 Å². The second-order valence-corrected chi connectivity index (χ2v) is 14.5. The molecule has 9 aromatic rings. The molecule has 1 aliphatic rings. The molecule has 0 aromatic heterocycles. The second kappa shape index (κ2) is 14.7. The first kappa shape index (κ1) is 34.1. The zero-order chi connectivity index (χ0) is 38.0. The van der Waals surface area contributed by atoms with E-state index in [-0.39, 0.29) is 0 Å². The van der Waals surface area contributed by atoms with Gasteiger partial charge in [-0.3, -0.25) is 0 Å². The van der Waals surface area contributed by atoms with Gasteiger partial charge in [0.1, 0.15) is 0 Å². The van der Waals surface area contributed by atoms with Crippen molar-refractivity contribution in [2.75, 3.05) is 9.80 Å². The summed E-state index contributed by atoms with van der Waals surface area (Å²) >= 11 is 0. The number of nitrogens with zero attached hydrogens (tertiary/aromatic N) is 2. The van der Waals surface area contributed by atoms with Crippen LogP contribution in [-0.4, -0.2) is 0 Å². The third kappa shape index (κ3) is 5.91. The molecule has 0 amide bonds. The Morgan fingerprint density at radius 2 is 0.702 bits per heavy atom. The van der Waals surface area contributed by atoms with E-state index in [1.165, 1.54) is 44.5 Å². The molecule has 0 atom stereocenters. The molecular weight excluding hydrogens is 689 g/mol. The van der Waals surface area contributed by atoms with Crippen molar-refractivity contribution in [2.24, 2.45) is 0 Å². The predicted octanol–water partition coefficient (Wildman–Crippen LogP) is 14.7. The van der Waals surface area contributed by atoms with E-state index in [4.69, 9.17) is 0 Å². The number of benzene rings is 9. The van der Waals surface area contributed by atoms with E-state index in [2.05, 4.69) is 252 Å². The smallest absolute Gasteiger partial charge is 0.0715 e. The molecular formula is C55H40N2. The largest absolute Gasteiger partial charge is 0.310 e. The van der Waals surface area contributed by atoms with Gasteiger partial charge in [0.25, 0.3) is 0 Å². The average molecular weight is 729 g/mol. The molecule has 0 unspecified atom stereocenters. The molecule has 0 saturated carbocycles. The number of rotatable bonds is 9. The highest BCUT2D eigenvalue weighted by Gasteiger charge is 2.47. The van der Waals surface area contributed by atoms with E-state index in [1.807, 2.05) is 0 Å². The van der Waals surface area contributed by atoms with Gasteiger partial charge < -0.3 is 9.80 Å². The van der Waals surface area contributed by atoms with E-state index in [0.29, 0.717) is 0 Å². The number of hydrogen-bond acceptors (Lipinski definition) is 2. The van der Waals surface area contributed by atoms with Gasteiger partial charge in [-0.05, 0) is 106 Å². The van der Waals surface area contributed by atoms with Crippen molar-refractivity contribution in [1.82, 2.24) is 0 Å². The average Bonchev–Trinajstić information content (AvgIpc) is 3.60. The minimum Gasteiger partial charge on any atom is -0.310 e. The molecule has 2 heteroatoms. The normalized spacial score (nSPS) is 12.4. The summed E-state index contributed by atoms with van der Waals surface area (Å²) in [5.41, 5.74) is 15.9. The summed E-state index contributed by atoms with van der Waals surface area (Å²) in [4.78, 5) is 4.80. The fourth-order valence-corrected chi connectivity index (χ4v) is 8.87. The summed E-state index contributed by atoms with van der Waals surface area (Å²) < 4.78 is 0. The molecule has 270 valence electrons. The van der Waals surface area contributed by atoms with Crippen molar-refractivity contribution < 1.29 is 0 Å². The molecule has 0 heterocycles. The van der Waals surface area contributed by atoms with Gasteiger partial charge in [-0.15, -0.1) is 0 Å².